The van der Waals surface area contributed by atoms with Crippen LogP contribution in [-0.2, 0) is 13.6 Å². The Bertz CT molecular complexity index is 575. The standard InChI is InChI=1S/C15H22N4/c1-11-9-19(12(2)8-16-11)10-14-13-6-4-5-7-15(13)18(3)17-14/h4-7,11-12,16H,8-10H2,1-3H3. The van der Waals surface area contributed by atoms with E-state index in [1.165, 1.54) is 16.6 Å². The van der Waals surface area contributed by atoms with Crippen LogP contribution in [0.2, 0.25) is 0 Å². The lowest BCUT2D eigenvalue weighted by Gasteiger charge is -2.37. The molecule has 1 aliphatic rings. The van der Waals surface area contributed by atoms with E-state index in [9.17, 15) is 0 Å². The maximum atomic E-state index is 4.70. The topological polar surface area (TPSA) is 33.1 Å². The largest absolute Gasteiger partial charge is 0.311 e. The van der Waals surface area contributed by atoms with Crippen LogP contribution in [0.15, 0.2) is 24.3 Å². The molecule has 4 heteroatoms. The molecule has 0 aliphatic carbocycles. The van der Waals surface area contributed by atoms with E-state index < -0.39 is 0 Å². The number of aromatic nitrogens is 2. The molecule has 1 N–H and O–H groups in total. The molecule has 1 aromatic heterocycles. The number of fused-ring (bicyclic) bond motifs is 1. The predicted molar refractivity (Wildman–Crippen MR) is 78.1 cm³/mol. The highest BCUT2D eigenvalue weighted by molar-refractivity contribution is 5.81. The van der Waals surface area contributed by atoms with E-state index in [4.69, 9.17) is 5.10 Å². The van der Waals surface area contributed by atoms with Gasteiger partial charge in [-0.05, 0) is 19.9 Å². The Morgan fingerprint density at radius 2 is 2.11 bits per heavy atom. The van der Waals surface area contributed by atoms with Crippen LogP contribution in [0.5, 0.6) is 0 Å². The van der Waals surface area contributed by atoms with E-state index in [1.807, 2.05) is 11.7 Å². The van der Waals surface area contributed by atoms with Crippen molar-refractivity contribution in [3.8, 4) is 0 Å². The van der Waals surface area contributed by atoms with Crippen LogP contribution in [0.3, 0.4) is 0 Å². The Hall–Kier alpha value is -1.39. The van der Waals surface area contributed by atoms with Gasteiger partial charge in [0.1, 0.15) is 0 Å². The monoisotopic (exact) mass is 258 g/mol. The molecule has 102 valence electrons. The minimum atomic E-state index is 0.561. The zero-order valence-corrected chi connectivity index (χ0v) is 11.9. The van der Waals surface area contributed by atoms with Gasteiger partial charge in [-0.1, -0.05) is 18.2 Å². The quantitative estimate of drug-likeness (QED) is 0.891. The highest BCUT2D eigenvalue weighted by Crippen LogP contribution is 2.20. The first-order valence-electron chi connectivity index (χ1n) is 7.03. The lowest BCUT2D eigenvalue weighted by Crippen LogP contribution is -2.53. The second-order valence-corrected chi connectivity index (χ2v) is 5.68. The maximum Gasteiger partial charge on any atom is 0.0843 e. The fourth-order valence-electron chi connectivity index (χ4n) is 2.92. The number of hydrogen-bond acceptors (Lipinski definition) is 3. The molecule has 2 unspecified atom stereocenters. The van der Waals surface area contributed by atoms with Crippen LogP contribution in [0.25, 0.3) is 10.9 Å². The van der Waals surface area contributed by atoms with Crippen molar-refractivity contribution in [3.63, 3.8) is 0 Å². The van der Waals surface area contributed by atoms with Gasteiger partial charge in [0.05, 0.1) is 11.2 Å². The molecule has 2 heterocycles. The predicted octanol–water partition coefficient (Wildman–Crippen LogP) is 1.76. The third-order valence-electron chi connectivity index (χ3n) is 4.08. The molecule has 2 atom stereocenters. The van der Waals surface area contributed by atoms with E-state index in [2.05, 4.69) is 48.3 Å². The van der Waals surface area contributed by atoms with Gasteiger partial charge in [-0.3, -0.25) is 9.58 Å². The maximum absolute atomic E-state index is 4.70. The minimum Gasteiger partial charge on any atom is -0.311 e. The second kappa shape index (κ2) is 4.94. The fraction of sp³-hybridized carbons (Fsp3) is 0.533. The molecule has 0 radical (unpaired) electrons. The van der Waals surface area contributed by atoms with E-state index in [1.54, 1.807) is 0 Å². The molecule has 2 aromatic rings. The number of rotatable bonds is 2. The Morgan fingerprint density at radius 1 is 1.32 bits per heavy atom. The summed E-state index contributed by atoms with van der Waals surface area (Å²) in [4.78, 5) is 2.52. The van der Waals surface area contributed by atoms with Crippen LogP contribution in [0, 0.1) is 0 Å². The molecule has 0 saturated carbocycles. The minimum absolute atomic E-state index is 0.561. The van der Waals surface area contributed by atoms with E-state index in [0.29, 0.717) is 12.1 Å². The number of para-hydroxylation sites is 1. The highest BCUT2D eigenvalue weighted by atomic mass is 15.3. The molecule has 4 nitrogen and oxygen atoms in total. The van der Waals surface area contributed by atoms with Gasteiger partial charge in [-0.25, -0.2) is 0 Å². The Kier molecular flexibility index (Phi) is 3.29. The van der Waals surface area contributed by atoms with Gasteiger partial charge in [0.15, 0.2) is 0 Å². The zero-order chi connectivity index (χ0) is 13.4. The van der Waals surface area contributed by atoms with E-state index in [0.717, 1.165) is 19.6 Å². The van der Waals surface area contributed by atoms with Crippen LogP contribution in [0.4, 0.5) is 0 Å². The first-order valence-corrected chi connectivity index (χ1v) is 7.03. The number of piperazine rings is 1. The number of benzene rings is 1. The Labute approximate surface area is 114 Å². The first kappa shape index (κ1) is 12.6. The smallest absolute Gasteiger partial charge is 0.0843 e. The fourth-order valence-corrected chi connectivity index (χ4v) is 2.92. The number of hydrogen-bond donors (Lipinski definition) is 1. The molecule has 1 saturated heterocycles. The van der Waals surface area contributed by atoms with Crippen molar-refractivity contribution in [1.29, 1.82) is 0 Å². The molecule has 0 spiro atoms. The molecule has 19 heavy (non-hydrogen) atoms. The molecule has 1 aliphatic heterocycles. The van der Waals surface area contributed by atoms with Crippen molar-refractivity contribution in [3.05, 3.63) is 30.0 Å². The van der Waals surface area contributed by atoms with Crippen molar-refractivity contribution in [2.24, 2.45) is 7.05 Å². The van der Waals surface area contributed by atoms with Crippen LogP contribution >= 0.6 is 0 Å². The number of nitrogens with one attached hydrogen (secondary N) is 1. The van der Waals surface area contributed by atoms with Crippen molar-refractivity contribution in [2.45, 2.75) is 32.5 Å². The van der Waals surface area contributed by atoms with Gasteiger partial charge in [-0.15, -0.1) is 0 Å². The molecule has 1 fully saturated rings. The summed E-state index contributed by atoms with van der Waals surface area (Å²) in [5.74, 6) is 0. The number of nitrogens with zero attached hydrogens (tertiary/aromatic N) is 3. The third-order valence-corrected chi connectivity index (χ3v) is 4.08. The summed E-state index contributed by atoms with van der Waals surface area (Å²) >= 11 is 0. The van der Waals surface area contributed by atoms with Gasteiger partial charge < -0.3 is 5.32 Å². The van der Waals surface area contributed by atoms with Crippen LogP contribution in [0.1, 0.15) is 19.5 Å². The van der Waals surface area contributed by atoms with Crippen molar-refractivity contribution < 1.29 is 0 Å². The van der Waals surface area contributed by atoms with Crippen molar-refractivity contribution in [1.82, 2.24) is 20.0 Å². The highest BCUT2D eigenvalue weighted by Gasteiger charge is 2.23. The van der Waals surface area contributed by atoms with Crippen molar-refractivity contribution >= 4 is 10.9 Å². The summed E-state index contributed by atoms with van der Waals surface area (Å²) in [5.41, 5.74) is 2.41. The molecule has 1 aromatic carbocycles. The lowest BCUT2D eigenvalue weighted by molar-refractivity contribution is 0.137. The van der Waals surface area contributed by atoms with Gasteiger partial charge >= 0.3 is 0 Å². The van der Waals surface area contributed by atoms with E-state index in [-0.39, 0.29) is 0 Å². The van der Waals surface area contributed by atoms with Crippen LogP contribution < -0.4 is 5.32 Å². The second-order valence-electron chi connectivity index (χ2n) is 5.68. The lowest BCUT2D eigenvalue weighted by atomic mass is 10.1. The summed E-state index contributed by atoms with van der Waals surface area (Å²) in [5, 5.41) is 9.50. The van der Waals surface area contributed by atoms with E-state index >= 15 is 0 Å². The first-order chi connectivity index (χ1) is 9.15. The van der Waals surface area contributed by atoms with Gasteiger partial charge in [0.2, 0.25) is 0 Å². The van der Waals surface area contributed by atoms with Gasteiger partial charge in [0, 0.05) is 44.2 Å². The zero-order valence-electron chi connectivity index (χ0n) is 11.9. The Balaban J connectivity index is 1.88. The normalized spacial score (nSPS) is 25.0. The average Bonchev–Trinajstić information content (AvgIpc) is 2.72. The summed E-state index contributed by atoms with van der Waals surface area (Å²) in [6.45, 7) is 7.62. The third kappa shape index (κ3) is 2.38. The summed E-state index contributed by atoms with van der Waals surface area (Å²) < 4.78 is 1.99. The average molecular weight is 258 g/mol. The molecule has 0 bridgehead atoms. The van der Waals surface area contributed by atoms with Crippen LogP contribution in [-0.4, -0.2) is 39.9 Å². The number of aryl methyl sites for hydroxylation is 1. The molecule has 3 rings (SSSR count). The van der Waals surface area contributed by atoms with Crippen molar-refractivity contribution in [2.75, 3.05) is 13.1 Å². The molecular formula is C15H22N4. The summed E-state index contributed by atoms with van der Waals surface area (Å²) in [6, 6.07) is 9.60. The molecule has 0 amide bonds. The van der Waals surface area contributed by atoms with Gasteiger partial charge in [0.25, 0.3) is 0 Å². The van der Waals surface area contributed by atoms with Gasteiger partial charge in [-0.2, -0.15) is 5.10 Å². The summed E-state index contributed by atoms with van der Waals surface area (Å²) in [7, 11) is 2.02. The molecular weight excluding hydrogens is 236 g/mol. The Morgan fingerprint density at radius 3 is 2.95 bits per heavy atom. The summed E-state index contributed by atoms with van der Waals surface area (Å²) in [6.07, 6.45) is 0. The SMILES string of the molecule is CC1CN(Cc2nn(C)c3ccccc23)C(C)CN1.